The Bertz CT molecular complexity index is 771. The molecule has 3 rings (SSSR count). The van der Waals surface area contributed by atoms with Crippen LogP contribution in [-0.2, 0) is 9.53 Å². The van der Waals surface area contributed by atoms with Gasteiger partial charge in [-0.05, 0) is 13.3 Å². The number of likely N-dealkylation sites (tertiary alicyclic amines) is 1. The molecule has 25 heavy (non-hydrogen) atoms. The molecule has 1 aromatic heterocycles. The average molecular weight is 344 g/mol. The van der Waals surface area contributed by atoms with Gasteiger partial charge in [0.05, 0.1) is 12.5 Å². The van der Waals surface area contributed by atoms with E-state index in [-0.39, 0.29) is 18.4 Å². The van der Waals surface area contributed by atoms with Crippen molar-refractivity contribution in [3.8, 4) is 11.3 Å². The second-order valence-corrected chi connectivity index (χ2v) is 6.13. The number of carbonyl (C=O) groups excluding carboxylic acids is 1. The fourth-order valence-corrected chi connectivity index (χ4v) is 3.25. The molecule has 2 aromatic rings. The summed E-state index contributed by atoms with van der Waals surface area (Å²) in [6.07, 6.45) is 0.213. The fraction of sp³-hybridized carbons (Fsp3) is 0.389. The summed E-state index contributed by atoms with van der Waals surface area (Å²) in [5, 5.41) is 13.2. The van der Waals surface area contributed by atoms with E-state index in [1.807, 2.05) is 30.3 Å². The molecule has 7 nitrogen and oxygen atoms in total. The number of hydrogen-bond acceptors (Lipinski definition) is 5. The number of nitrogens with zero attached hydrogens (tertiary/aromatic N) is 2. The highest BCUT2D eigenvalue weighted by atomic mass is 16.5. The van der Waals surface area contributed by atoms with Crippen molar-refractivity contribution < 1.29 is 24.0 Å². The molecule has 2 unspecified atom stereocenters. The van der Waals surface area contributed by atoms with Crippen LogP contribution in [0, 0.1) is 6.92 Å². The number of aryl methyl sites for hydroxylation is 1. The van der Waals surface area contributed by atoms with Crippen LogP contribution in [0.5, 0.6) is 0 Å². The van der Waals surface area contributed by atoms with Crippen molar-refractivity contribution in [2.24, 2.45) is 0 Å². The molecule has 1 aliphatic rings. The largest absolute Gasteiger partial charge is 0.481 e. The molecular formula is C18H20N2O5. The first-order chi connectivity index (χ1) is 12.0. The molecule has 1 aromatic carbocycles. The van der Waals surface area contributed by atoms with Crippen molar-refractivity contribution in [3.05, 3.63) is 41.7 Å². The molecule has 0 bridgehead atoms. The minimum absolute atomic E-state index is 0.114. The van der Waals surface area contributed by atoms with Crippen molar-refractivity contribution in [3.63, 3.8) is 0 Å². The molecule has 1 fully saturated rings. The Morgan fingerprint density at radius 3 is 2.72 bits per heavy atom. The minimum atomic E-state index is -0.940. The van der Waals surface area contributed by atoms with Gasteiger partial charge in [0.2, 0.25) is 0 Å². The van der Waals surface area contributed by atoms with Crippen molar-refractivity contribution in [1.82, 2.24) is 10.1 Å². The molecule has 132 valence electrons. The van der Waals surface area contributed by atoms with Gasteiger partial charge in [0.25, 0.3) is 5.91 Å². The predicted octanol–water partition coefficient (Wildman–Crippen LogP) is 2.35. The zero-order valence-corrected chi connectivity index (χ0v) is 14.1. The van der Waals surface area contributed by atoms with Gasteiger partial charge in [-0.3, -0.25) is 9.59 Å². The highest BCUT2D eigenvalue weighted by Crippen LogP contribution is 2.30. The third-order valence-corrected chi connectivity index (χ3v) is 4.50. The van der Waals surface area contributed by atoms with E-state index < -0.39 is 12.0 Å². The number of ether oxygens (including phenoxy) is 1. The van der Waals surface area contributed by atoms with Crippen molar-refractivity contribution in [2.75, 3.05) is 13.7 Å². The number of carbonyl (C=O) groups is 2. The third-order valence-electron chi connectivity index (χ3n) is 4.50. The summed E-state index contributed by atoms with van der Waals surface area (Å²) in [6, 6.07) is 8.89. The molecule has 1 N–H and O–H groups in total. The van der Waals surface area contributed by atoms with Crippen LogP contribution in [0.2, 0.25) is 0 Å². The van der Waals surface area contributed by atoms with Crippen LogP contribution in [0.15, 0.2) is 34.9 Å². The van der Waals surface area contributed by atoms with Crippen LogP contribution in [0.25, 0.3) is 11.3 Å². The Kier molecular flexibility index (Phi) is 4.85. The van der Waals surface area contributed by atoms with E-state index in [0.717, 1.165) is 5.56 Å². The van der Waals surface area contributed by atoms with Gasteiger partial charge in [0.15, 0.2) is 0 Å². The summed E-state index contributed by atoms with van der Waals surface area (Å²) in [5.41, 5.74) is 1.62. The first-order valence-corrected chi connectivity index (χ1v) is 8.08. The smallest absolute Gasteiger partial charge is 0.305 e. The summed E-state index contributed by atoms with van der Waals surface area (Å²) >= 11 is 0. The molecule has 1 amide bonds. The molecule has 0 saturated carbocycles. The Labute approximate surface area is 145 Å². The van der Waals surface area contributed by atoms with Crippen LogP contribution < -0.4 is 0 Å². The topological polar surface area (TPSA) is 92.9 Å². The molecule has 0 aliphatic carbocycles. The number of methoxy groups -OCH3 is 1. The highest BCUT2D eigenvalue weighted by Gasteiger charge is 2.39. The first kappa shape index (κ1) is 17.2. The zero-order chi connectivity index (χ0) is 18.0. The maximum atomic E-state index is 13.2. The Balaban J connectivity index is 1.95. The molecule has 2 heterocycles. The average Bonchev–Trinajstić information content (AvgIpc) is 3.18. The van der Waals surface area contributed by atoms with Gasteiger partial charge in [-0.25, -0.2) is 0 Å². The zero-order valence-electron chi connectivity index (χ0n) is 14.1. The molecule has 0 radical (unpaired) electrons. The van der Waals surface area contributed by atoms with Gasteiger partial charge in [0.1, 0.15) is 17.0 Å². The maximum Gasteiger partial charge on any atom is 0.305 e. The number of rotatable bonds is 5. The second kappa shape index (κ2) is 7.06. The van der Waals surface area contributed by atoms with E-state index in [4.69, 9.17) is 14.4 Å². The normalized spacial score (nSPS) is 20.0. The molecule has 1 saturated heterocycles. The van der Waals surface area contributed by atoms with Crippen LogP contribution >= 0.6 is 0 Å². The minimum Gasteiger partial charge on any atom is -0.481 e. The molecule has 2 atom stereocenters. The van der Waals surface area contributed by atoms with E-state index >= 15 is 0 Å². The number of benzene rings is 1. The van der Waals surface area contributed by atoms with Gasteiger partial charge in [0, 0.05) is 25.3 Å². The Hall–Kier alpha value is -2.67. The van der Waals surface area contributed by atoms with Crippen LogP contribution in [-0.4, -0.2) is 52.8 Å². The number of aliphatic carboxylic acids is 1. The fourth-order valence-electron chi connectivity index (χ4n) is 3.25. The summed E-state index contributed by atoms with van der Waals surface area (Å²) in [5.74, 6) is -0.799. The number of aromatic nitrogens is 1. The monoisotopic (exact) mass is 344 g/mol. The predicted molar refractivity (Wildman–Crippen MR) is 89.2 cm³/mol. The maximum absolute atomic E-state index is 13.2. The molecule has 0 spiro atoms. The summed E-state index contributed by atoms with van der Waals surface area (Å²) < 4.78 is 10.6. The first-order valence-electron chi connectivity index (χ1n) is 8.08. The standard InChI is InChI=1S/C18H20N2O5/c1-11-16(17(19-25-11)12-6-4-3-5-7-12)18(23)20-10-14(24-2)8-13(20)9-15(21)22/h3-7,13-14H,8-10H2,1-2H3,(H,21,22). The second-order valence-electron chi connectivity index (χ2n) is 6.13. The third kappa shape index (κ3) is 3.41. The number of carboxylic acid groups (broad SMARTS) is 1. The number of carboxylic acids is 1. The highest BCUT2D eigenvalue weighted by molar-refractivity contribution is 6.01. The summed E-state index contributed by atoms with van der Waals surface area (Å²) in [4.78, 5) is 25.9. The number of amides is 1. The Morgan fingerprint density at radius 1 is 1.36 bits per heavy atom. The van der Waals surface area contributed by atoms with Gasteiger partial charge >= 0.3 is 5.97 Å². The van der Waals surface area contributed by atoms with Crippen molar-refractivity contribution in [1.29, 1.82) is 0 Å². The van der Waals surface area contributed by atoms with E-state index in [1.165, 1.54) is 0 Å². The van der Waals surface area contributed by atoms with Crippen LogP contribution in [0.4, 0.5) is 0 Å². The van der Waals surface area contributed by atoms with Crippen LogP contribution in [0.1, 0.15) is 29.0 Å². The molecule has 1 aliphatic heterocycles. The Morgan fingerprint density at radius 2 is 2.08 bits per heavy atom. The van der Waals surface area contributed by atoms with Gasteiger partial charge in [-0.15, -0.1) is 0 Å². The number of hydrogen-bond donors (Lipinski definition) is 1. The lowest BCUT2D eigenvalue weighted by Gasteiger charge is -2.23. The van der Waals surface area contributed by atoms with Gasteiger partial charge < -0.3 is 19.3 Å². The lowest BCUT2D eigenvalue weighted by molar-refractivity contribution is -0.137. The molecule has 7 heteroatoms. The molecular weight excluding hydrogens is 324 g/mol. The van der Waals surface area contributed by atoms with Crippen molar-refractivity contribution >= 4 is 11.9 Å². The lowest BCUT2D eigenvalue weighted by atomic mass is 10.0. The van der Waals surface area contributed by atoms with E-state index in [0.29, 0.717) is 30.0 Å². The summed E-state index contributed by atoms with van der Waals surface area (Å²) in [6.45, 7) is 2.04. The van der Waals surface area contributed by atoms with Crippen LogP contribution in [0.3, 0.4) is 0 Å². The summed E-state index contributed by atoms with van der Waals surface area (Å²) in [7, 11) is 1.57. The quantitative estimate of drug-likeness (QED) is 0.895. The lowest BCUT2D eigenvalue weighted by Crippen LogP contribution is -2.37. The SMILES string of the molecule is COC1CC(CC(=O)O)N(C(=O)c2c(-c3ccccc3)noc2C)C1. The van der Waals surface area contributed by atoms with E-state index in [2.05, 4.69) is 5.16 Å². The van der Waals surface area contributed by atoms with E-state index in [1.54, 1.807) is 18.9 Å². The van der Waals surface area contributed by atoms with Gasteiger partial charge in [-0.2, -0.15) is 0 Å². The van der Waals surface area contributed by atoms with Gasteiger partial charge in [-0.1, -0.05) is 35.5 Å². The van der Waals surface area contributed by atoms with Crippen molar-refractivity contribution in [2.45, 2.75) is 31.9 Å². The van der Waals surface area contributed by atoms with E-state index in [9.17, 15) is 9.59 Å².